The van der Waals surface area contributed by atoms with E-state index in [-0.39, 0.29) is 58.8 Å². The first-order valence-corrected chi connectivity index (χ1v) is 48.1. The van der Waals surface area contributed by atoms with Crippen LogP contribution in [0.4, 0.5) is 30.7 Å². The summed E-state index contributed by atoms with van der Waals surface area (Å²) in [6.45, 7) is 14.7. The third-order valence-electron chi connectivity index (χ3n) is 20.9. The average molecular weight is 1860 g/mol. The van der Waals surface area contributed by atoms with Crippen LogP contribution < -0.4 is 14.9 Å². The van der Waals surface area contributed by atoms with E-state index in [1.54, 1.807) is 56.3 Å². The molecule has 6 nitrogen and oxygen atoms in total. The molecule has 2 aliphatic heterocycles. The lowest BCUT2D eigenvalue weighted by atomic mass is 9.80. The third kappa shape index (κ3) is 33.1. The monoisotopic (exact) mass is 1860 g/mol. The molecule has 2 N–H and O–H groups in total. The Morgan fingerprint density at radius 2 is 0.745 bits per heavy atom. The molecular formula is C93H119BF7I3O6. The molecular weight excluding hydrogens is 1740 g/mol. The van der Waals surface area contributed by atoms with Crippen LogP contribution in [-0.2, 0) is 9.47 Å². The van der Waals surface area contributed by atoms with Crippen LogP contribution in [0.3, 0.4) is 0 Å². The quantitative estimate of drug-likeness (QED) is 0.0211. The molecule has 3 atom stereocenters. The van der Waals surface area contributed by atoms with Gasteiger partial charge in [0, 0.05) is 83.9 Å². The molecule has 3 aliphatic carbocycles. The molecule has 0 amide bonds. The molecule has 2 fully saturated rings. The van der Waals surface area contributed by atoms with Crippen LogP contribution in [0, 0.1) is 62.0 Å². The molecule has 2 saturated heterocycles. The second-order valence-corrected chi connectivity index (χ2v) is 30.3. The predicted molar refractivity (Wildman–Crippen MR) is 471 cm³/mol. The van der Waals surface area contributed by atoms with Crippen molar-refractivity contribution in [1.29, 1.82) is 0 Å². The first-order chi connectivity index (χ1) is 53.5. The molecule has 0 aromatic heterocycles. The van der Waals surface area contributed by atoms with Crippen molar-refractivity contribution in [2.45, 2.75) is 234 Å². The van der Waals surface area contributed by atoms with E-state index in [4.69, 9.17) is 29.0 Å². The summed E-state index contributed by atoms with van der Waals surface area (Å²) >= 11 is 6.29. The fourth-order valence-electron chi connectivity index (χ4n) is 14.4. The van der Waals surface area contributed by atoms with Gasteiger partial charge in [-0.25, -0.2) is 22.0 Å². The number of halogens is 10. The number of hydrogen-bond donors (Lipinski definition) is 2. The summed E-state index contributed by atoms with van der Waals surface area (Å²) in [6, 6.07) is 36.5. The highest BCUT2D eigenvalue weighted by molar-refractivity contribution is 15.0. The number of hydrogen-bond acceptors (Lipinski definition) is 6. The topological polar surface area (TPSA) is 77.4 Å². The van der Waals surface area contributed by atoms with Gasteiger partial charge >= 0.3 is 7.12 Å². The van der Waals surface area contributed by atoms with Crippen molar-refractivity contribution >= 4 is 89.1 Å². The van der Waals surface area contributed by atoms with E-state index in [0.29, 0.717) is 25.8 Å². The summed E-state index contributed by atoms with van der Waals surface area (Å²) < 4.78 is 119. The summed E-state index contributed by atoms with van der Waals surface area (Å²) in [5, 5.41) is 18.0. The molecule has 0 radical (unpaired) electrons. The standard InChI is InChI=1S/C33H37F3O.C19H26FI.C19H27F.C14H13BF2O3.2C4H8O.I2/c1-3-5-6-7-8-9-23-10-12-24(13-11-23)27-18-19-28(30(34)22-27)25-14-16-26(17-15-25)29-20-21-31(37-4-2)33(36)32(29)35;1-2-3-4-5-6-7-15-8-10-16(11-9-15)17-12-13-19(21)18(20)14-17;1-2-3-4-5-6-8-16-11-13-17(14-12-16)18-9-7-10-19(20)15-18;1-2-20-12-8-7-11(13(16)14(12)17)9-3-5-10(6-4-9)15(18)19;2*1-2-4-5-3-1;1-2/h12,14-23H,3-11,13H2,1-2H3;10,12-15H,2-9,11H2,1H3;7,9-10,13,15-16H,2-6,8,11-12,14H2,1H3;3-8,18-19H,2H2,1H3;2*1-4H2;. The van der Waals surface area contributed by atoms with Crippen molar-refractivity contribution in [2.75, 3.05) is 39.6 Å². The summed E-state index contributed by atoms with van der Waals surface area (Å²) in [4.78, 5) is 0. The molecule has 0 saturated carbocycles. The van der Waals surface area contributed by atoms with Gasteiger partial charge in [-0.15, -0.1) is 0 Å². The van der Waals surface area contributed by atoms with Crippen molar-refractivity contribution in [3.05, 3.63) is 213 Å². The Balaban J connectivity index is 0.000000224. The first-order valence-electron chi connectivity index (χ1n) is 40.7. The predicted octanol–water partition coefficient (Wildman–Crippen LogP) is 28.8. The van der Waals surface area contributed by atoms with Crippen LogP contribution in [0.15, 0.2) is 152 Å². The molecule has 110 heavy (non-hydrogen) atoms. The number of ether oxygens (including phenoxy) is 4. The molecule has 3 unspecified atom stereocenters. The minimum atomic E-state index is -1.59. The number of unbranched alkanes of at least 4 members (excludes halogenated alkanes) is 12. The highest BCUT2D eigenvalue weighted by Gasteiger charge is 2.22. The lowest BCUT2D eigenvalue weighted by molar-refractivity contribution is 0.198. The highest BCUT2D eigenvalue weighted by Crippen LogP contribution is 2.39. The van der Waals surface area contributed by atoms with Gasteiger partial charge in [0.2, 0.25) is 11.6 Å². The minimum absolute atomic E-state index is 0.0879. The molecule has 7 aromatic rings. The van der Waals surface area contributed by atoms with Crippen molar-refractivity contribution in [1.82, 2.24) is 0 Å². The Hall–Kier alpha value is -5.04. The Morgan fingerprint density at radius 3 is 1.08 bits per heavy atom. The summed E-state index contributed by atoms with van der Waals surface area (Å²) in [6.07, 6.45) is 46.9. The summed E-state index contributed by atoms with van der Waals surface area (Å²) in [7, 11) is -1.59. The normalized spacial score (nSPS) is 16.3. The van der Waals surface area contributed by atoms with Crippen LogP contribution in [-0.4, -0.2) is 56.8 Å². The van der Waals surface area contributed by atoms with Gasteiger partial charge < -0.3 is 29.0 Å². The molecule has 0 bridgehead atoms. The van der Waals surface area contributed by atoms with Crippen LogP contribution in [0.25, 0.3) is 50.1 Å². The third-order valence-corrected chi connectivity index (χ3v) is 21.8. The first kappa shape index (κ1) is 93.8. The SMILES string of the molecule is C1CCOC1.C1CCOC1.CCCCCCCC1CC=C(c2ccc(-c3ccc(-c4ccc(OCC)c(F)c4F)cc3)c(F)c2)CC1.CCCCCCCC1CC=C(c2ccc(I)c(F)c2)CC1.CCCCCCCC1CC=C(c2cccc(F)c2)CC1.CCOc1ccc(-c2ccc(B(O)O)cc2)c(F)c1F.II. The van der Waals surface area contributed by atoms with E-state index in [2.05, 4.69) is 82.3 Å². The van der Waals surface area contributed by atoms with Crippen molar-refractivity contribution < 1.29 is 59.7 Å². The molecule has 0 spiro atoms. The summed E-state index contributed by atoms with van der Waals surface area (Å²) in [5.41, 5.74) is 9.68. The molecule has 7 aromatic carbocycles. The van der Waals surface area contributed by atoms with Gasteiger partial charge in [0.05, 0.1) is 13.2 Å². The largest absolute Gasteiger partial charge is 0.491 e. The Kier molecular flexibility index (Phi) is 46.6. The highest BCUT2D eigenvalue weighted by atomic mass is 128. The van der Waals surface area contributed by atoms with E-state index in [0.717, 1.165) is 86.6 Å². The maximum Gasteiger partial charge on any atom is 0.488 e. The maximum atomic E-state index is 15.1. The number of benzene rings is 7. The Morgan fingerprint density at radius 1 is 0.391 bits per heavy atom. The second kappa shape index (κ2) is 54.7. The van der Waals surface area contributed by atoms with Gasteiger partial charge in [-0.1, -0.05) is 233 Å². The zero-order chi connectivity index (χ0) is 79.3. The lowest BCUT2D eigenvalue weighted by Gasteiger charge is -2.22. The van der Waals surface area contributed by atoms with Gasteiger partial charge in [0.25, 0.3) is 0 Å². The molecule has 17 heteroatoms. The van der Waals surface area contributed by atoms with E-state index in [1.165, 1.54) is 245 Å². The maximum absolute atomic E-state index is 15.1. The van der Waals surface area contributed by atoms with Crippen molar-refractivity contribution in [2.24, 2.45) is 17.8 Å². The van der Waals surface area contributed by atoms with Gasteiger partial charge in [-0.05, 0) is 248 Å². The fourth-order valence-corrected chi connectivity index (χ4v) is 14.7. The average Bonchev–Trinajstić information content (AvgIpc) is 0.975. The number of rotatable bonds is 29. The molecule has 2 heterocycles. The Bertz CT molecular complexity index is 3820. The molecule has 600 valence electrons. The van der Waals surface area contributed by atoms with Crippen molar-refractivity contribution in [3.8, 4) is 44.9 Å². The van der Waals surface area contributed by atoms with Crippen LogP contribution in [0.5, 0.6) is 11.5 Å². The van der Waals surface area contributed by atoms with Crippen LogP contribution in [0.1, 0.15) is 250 Å². The van der Waals surface area contributed by atoms with Gasteiger partial charge in [-0.2, -0.15) is 8.78 Å². The number of allylic oxidation sites excluding steroid dienone is 6. The van der Waals surface area contributed by atoms with E-state index in [9.17, 15) is 26.3 Å². The zero-order valence-corrected chi connectivity index (χ0v) is 72.2. The fraction of sp³-hybridized carbons (Fsp3) is 0.484. The van der Waals surface area contributed by atoms with Gasteiger partial charge in [0.15, 0.2) is 23.1 Å². The second-order valence-electron chi connectivity index (χ2n) is 29.1. The van der Waals surface area contributed by atoms with E-state index < -0.39 is 30.4 Å². The summed E-state index contributed by atoms with van der Waals surface area (Å²) in [5.74, 6) is -2.24. The van der Waals surface area contributed by atoms with Crippen molar-refractivity contribution in [3.63, 3.8) is 0 Å². The van der Waals surface area contributed by atoms with Gasteiger partial charge in [0.1, 0.15) is 17.5 Å². The van der Waals surface area contributed by atoms with Crippen LogP contribution >= 0.6 is 59.8 Å². The van der Waals surface area contributed by atoms with Gasteiger partial charge in [-0.3, -0.25) is 0 Å². The smallest absolute Gasteiger partial charge is 0.488 e. The van der Waals surface area contributed by atoms with Crippen LogP contribution in [0.2, 0.25) is 0 Å². The lowest BCUT2D eigenvalue weighted by Crippen LogP contribution is -2.29. The molecule has 12 rings (SSSR count). The minimum Gasteiger partial charge on any atom is -0.491 e. The molecule has 5 aliphatic rings. The van der Waals surface area contributed by atoms with E-state index >= 15 is 4.39 Å². The zero-order valence-electron chi connectivity index (χ0n) is 65.7. The Labute approximate surface area is 691 Å². The van der Waals surface area contributed by atoms with E-state index in [1.807, 2.05) is 52.9 Å².